The van der Waals surface area contributed by atoms with E-state index in [1.54, 1.807) is 18.2 Å². The first-order chi connectivity index (χ1) is 8.97. The first-order valence-electron chi connectivity index (χ1n) is 5.49. The average molecular weight is 298 g/mol. The fourth-order valence-corrected chi connectivity index (χ4v) is 1.93. The largest absolute Gasteiger partial charge is 0.398 e. The van der Waals surface area contributed by atoms with E-state index in [-0.39, 0.29) is 12.2 Å². The summed E-state index contributed by atoms with van der Waals surface area (Å²) in [5, 5.41) is 0.679. The van der Waals surface area contributed by atoms with Crippen molar-refractivity contribution >= 4 is 34.7 Å². The van der Waals surface area contributed by atoms with Gasteiger partial charge in [0.15, 0.2) is 5.78 Å². The number of halogens is 3. The van der Waals surface area contributed by atoms with Gasteiger partial charge in [0, 0.05) is 17.0 Å². The van der Waals surface area contributed by atoms with E-state index in [9.17, 15) is 9.18 Å². The minimum absolute atomic E-state index is 0.0515. The molecule has 0 saturated carbocycles. The van der Waals surface area contributed by atoms with Crippen molar-refractivity contribution < 1.29 is 9.18 Å². The molecule has 98 valence electrons. The van der Waals surface area contributed by atoms with Crippen LogP contribution in [0.15, 0.2) is 36.4 Å². The van der Waals surface area contributed by atoms with Crippen LogP contribution < -0.4 is 5.73 Å². The highest BCUT2D eigenvalue weighted by Gasteiger charge is 2.12. The third-order valence-corrected chi connectivity index (χ3v) is 3.26. The van der Waals surface area contributed by atoms with Crippen LogP contribution >= 0.6 is 23.2 Å². The van der Waals surface area contributed by atoms with Crippen molar-refractivity contribution in [3.63, 3.8) is 0 Å². The number of benzene rings is 2. The van der Waals surface area contributed by atoms with Gasteiger partial charge in [-0.3, -0.25) is 4.79 Å². The summed E-state index contributed by atoms with van der Waals surface area (Å²) in [7, 11) is 0. The van der Waals surface area contributed by atoms with Gasteiger partial charge in [0.2, 0.25) is 0 Å². The molecule has 2 aromatic rings. The fourth-order valence-electron chi connectivity index (χ4n) is 1.66. The number of ketones is 1. The Morgan fingerprint density at radius 2 is 1.89 bits per heavy atom. The summed E-state index contributed by atoms with van der Waals surface area (Å²) < 4.78 is 13.6. The van der Waals surface area contributed by atoms with Crippen molar-refractivity contribution in [1.29, 1.82) is 0 Å². The zero-order valence-electron chi connectivity index (χ0n) is 9.79. The molecule has 0 atom stereocenters. The first kappa shape index (κ1) is 13.8. The van der Waals surface area contributed by atoms with E-state index in [4.69, 9.17) is 28.9 Å². The van der Waals surface area contributed by atoms with Crippen molar-refractivity contribution in [2.45, 2.75) is 6.42 Å². The molecule has 5 heteroatoms. The van der Waals surface area contributed by atoms with Crippen LogP contribution in [0.2, 0.25) is 10.0 Å². The lowest BCUT2D eigenvalue weighted by Gasteiger charge is -2.05. The molecule has 0 aliphatic carbocycles. The average Bonchev–Trinajstić information content (AvgIpc) is 2.36. The summed E-state index contributed by atoms with van der Waals surface area (Å²) in [5.41, 5.74) is 6.64. The monoisotopic (exact) mass is 297 g/mol. The molecular formula is C14H10Cl2FNO. The minimum atomic E-state index is -0.497. The van der Waals surface area contributed by atoms with Crippen molar-refractivity contribution in [3.05, 3.63) is 63.4 Å². The van der Waals surface area contributed by atoms with Crippen molar-refractivity contribution in [3.8, 4) is 0 Å². The summed E-state index contributed by atoms with van der Waals surface area (Å²) in [6.45, 7) is 0. The summed E-state index contributed by atoms with van der Waals surface area (Å²) in [6, 6.07) is 8.81. The number of rotatable bonds is 3. The molecule has 0 bridgehead atoms. The number of nitrogen functional groups attached to an aromatic ring is 1. The van der Waals surface area contributed by atoms with Crippen LogP contribution in [0.1, 0.15) is 15.9 Å². The molecule has 0 amide bonds. The Bertz CT molecular complexity index is 643. The molecular weight excluding hydrogens is 288 g/mol. The molecule has 0 aromatic heterocycles. The van der Waals surface area contributed by atoms with Gasteiger partial charge in [-0.1, -0.05) is 29.3 Å². The molecule has 0 fully saturated rings. The maximum Gasteiger partial charge on any atom is 0.167 e. The van der Waals surface area contributed by atoms with Crippen LogP contribution in [0.4, 0.5) is 10.1 Å². The SMILES string of the molecule is Nc1cc(C(=O)Cc2ccc(Cl)cc2F)ccc1Cl. The van der Waals surface area contributed by atoms with Crippen molar-refractivity contribution in [2.24, 2.45) is 0 Å². The number of hydrogen-bond acceptors (Lipinski definition) is 2. The minimum Gasteiger partial charge on any atom is -0.398 e. The summed E-state index contributed by atoms with van der Waals surface area (Å²) in [5.74, 6) is -0.729. The molecule has 2 rings (SSSR count). The van der Waals surface area contributed by atoms with Gasteiger partial charge in [-0.15, -0.1) is 0 Å². The molecule has 0 spiro atoms. The summed E-state index contributed by atoms with van der Waals surface area (Å²) in [6.07, 6.45) is -0.0515. The quantitative estimate of drug-likeness (QED) is 0.683. The number of anilines is 1. The lowest BCUT2D eigenvalue weighted by Crippen LogP contribution is -2.06. The van der Waals surface area contributed by atoms with Gasteiger partial charge in [-0.25, -0.2) is 4.39 Å². The smallest absolute Gasteiger partial charge is 0.167 e. The highest BCUT2D eigenvalue weighted by Crippen LogP contribution is 2.21. The summed E-state index contributed by atoms with van der Waals surface area (Å²) >= 11 is 11.4. The van der Waals surface area contributed by atoms with Crippen molar-refractivity contribution in [1.82, 2.24) is 0 Å². The highest BCUT2D eigenvalue weighted by atomic mass is 35.5. The van der Waals surface area contributed by atoms with E-state index >= 15 is 0 Å². The normalized spacial score (nSPS) is 10.5. The molecule has 0 aliphatic heterocycles. The summed E-state index contributed by atoms with van der Waals surface area (Å²) in [4.78, 5) is 12.0. The molecule has 0 saturated heterocycles. The Morgan fingerprint density at radius 1 is 1.16 bits per heavy atom. The van der Waals surface area contributed by atoms with Crippen LogP contribution in [0.3, 0.4) is 0 Å². The van der Waals surface area contributed by atoms with Crippen LogP contribution in [-0.2, 0) is 6.42 Å². The van der Waals surface area contributed by atoms with Gasteiger partial charge in [0.1, 0.15) is 5.82 Å². The Hall–Kier alpha value is -1.58. The maximum atomic E-state index is 13.6. The standard InChI is InChI=1S/C14H10Cl2FNO/c15-10-3-1-8(12(17)7-10)6-14(19)9-2-4-11(16)13(18)5-9/h1-5,7H,6,18H2. The van der Waals surface area contributed by atoms with Crippen LogP contribution in [0.5, 0.6) is 0 Å². The predicted molar refractivity (Wildman–Crippen MR) is 75.3 cm³/mol. The lowest BCUT2D eigenvalue weighted by atomic mass is 10.0. The van der Waals surface area contributed by atoms with E-state index in [1.165, 1.54) is 18.2 Å². The van der Waals surface area contributed by atoms with E-state index < -0.39 is 5.82 Å². The second kappa shape index (κ2) is 5.59. The Balaban J connectivity index is 2.23. The second-order valence-electron chi connectivity index (χ2n) is 4.07. The number of carbonyl (C=O) groups is 1. The molecule has 2 nitrogen and oxygen atoms in total. The van der Waals surface area contributed by atoms with Crippen molar-refractivity contribution in [2.75, 3.05) is 5.73 Å². The fraction of sp³-hybridized carbons (Fsp3) is 0.0714. The number of Topliss-reactive ketones (excluding diaryl/α,β-unsaturated/α-hetero) is 1. The second-order valence-corrected chi connectivity index (χ2v) is 4.92. The maximum absolute atomic E-state index is 13.6. The van der Waals surface area contributed by atoms with Crippen LogP contribution in [0, 0.1) is 5.82 Å². The third kappa shape index (κ3) is 3.25. The highest BCUT2D eigenvalue weighted by molar-refractivity contribution is 6.33. The predicted octanol–water partition coefficient (Wildman–Crippen LogP) is 4.14. The van der Waals surface area contributed by atoms with E-state index in [0.29, 0.717) is 26.9 Å². The van der Waals surface area contributed by atoms with Crippen LogP contribution in [0.25, 0.3) is 0 Å². The third-order valence-electron chi connectivity index (χ3n) is 2.68. The van der Waals surface area contributed by atoms with Gasteiger partial charge in [0.25, 0.3) is 0 Å². The van der Waals surface area contributed by atoms with E-state index in [0.717, 1.165) is 0 Å². The zero-order chi connectivity index (χ0) is 14.0. The molecule has 19 heavy (non-hydrogen) atoms. The van der Waals surface area contributed by atoms with E-state index in [2.05, 4.69) is 0 Å². The van der Waals surface area contributed by atoms with Gasteiger partial charge in [-0.05, 0) is 35.9 Å². The lowest BCUT2D eigenvalue weighted by molar-refractivity contribution is 0.0992. The van der Waals surface area contributed by atoms with Crippen LogP contribution in [-0.4, -0.2) is 5.78 Å². The molecule has 0 unspecified atom stereocenters. The topological polar surface area (TPSA) is 43.1 Å². The number of carbonyl (C=O) groups excluding carboxylic acids is 1. The number of nitrogens with two attached hydrogens (primary N) is 1. The molecule has 2 N–H and O–H groups in total. The zero-order valence-corrected chi connectivity index (χ0v) is 11.3. The Kier molecular flexibility index (Phi) is 4.08. The molecule has 0 aliphatic rings. The van der Waals surface area contributed by atoms with Gasteiger partial charge in [-0.2, -0.15) is 0 Å². The van der Waals surface area contributed by atoms with E-state index in [1.807, 2.05) is 0 Å². The Morgan fingerprint density at radius 3 is 2.53 bits per heavy atom. The molecule has 0 radical (unpaired) electrons. The molecule has 0 heterocycles. The van der Waals surface area contributed by atoms with Gasteiger partial charge < -0.3 is 5.73 Å². The first-order valence-corrected chi connectivity index (χ1v) is 6.25. The number of hydrogen-bond donors (Lipinski definition) is 1. The molecule has 2 aromatic carbocycles. The Labute approximate surface area is 119 Å². The van der Waals surface area contributed by atoms with Gasteiger partial charge in [0.05, 0.1) is 10.7 Å². The van der Waals surface area contributed by atoms with Gasteiger partial charge >= 0.3 is 0 Å².